The van der Waals surface area contributed by atoms with E-state index in [-0.39, 0.29) is 12.3 Å². The standard InChI is InChI=1S/C16H18N2O3S/c1-2-6-14-17-10-13(22-14)15(19)18-12(16(20)21)9-11-7-4-3-5-8-11/h3-5,7-8,10,12H,2,6,9H2,1H3,(H,18,19)(H,20,21)/t12-/m0/s1. The van der Waals surface area contributed by atoms with E-state index in [0.717, 1.165) is 23.4 Å². The number of nitrogens with zero attached hydrogens (tertiary/aromatic N) is 1. The lowest BCUT2D eigenvalue weighted by atomic mass is 10.1. The van der Waals surface area contributed by atoms with Gasteiger partial charge in [-0.05, 0) is 18.4 Å². The summed E-state index contributed by atoms with van der Waals surface area (Å²) in [6.45, 7) is 2.04. The van der Waals surface area contributed by atoms with Gasteiger partial charge in [0.25, 0.3) is 5.91 Å². The van der Waals surface area contributed by atoms with Gasteiger partial charge in [-0.2, -0.15) is 0 Å². The first-order valence-electron chi connectivity index (χ1n) is 7.12. The molecule has 6 heteroatoms. The first-order valence-corrected chi connectivity index (χ1v) is 7.94. The zero-order valence-corrected chi connectivity index (χ0v) is 13.1. The molecule has 2 N–H and O–H groups in total. The van der Waals surface area contributed by atoms with Crippen molar-refractivity contribution >= 4 is 23.2 Å². The molecule has 0 fully saturated rings. The highest BCUT2D eigenvalue weighted by Crippen LogP contribution is 2.15. The Morgan fingerprint density at radius 3 is 2.68 bits per heavy atom. The molecule has 0 bridgehead atoms. The maximum absolute atomic E-state index is 12.2. The van der Waals surface area contributed by atoms with Crippen molar-refractivity contribution in [2.75, 3.05) is 0 Å². The SMILES string of the molecule is CCCc1ncc(C(=O)N[C@@H](Cc2ccccc2)C(=O)O)s1. The van der Waals surface area contributed by atoms with Crippen molar-refractivity contribution in [1.29, 1.82) is 0 Å². The third-order valence-corrected chi connectivity index (χ3v) is 4.18. The lowest BCUT2D eigenvalue weighted by molar-refractivity contribution is -0.139. The van der Waals surface area contributed by atoms with Gasteiger partial charge in [0.2, 0.25) is 0 Å². The Kier molecular flexibility index (Phi) is 5.66. The van der Waals surface area contributed by atoms with Crippen LogP contribution in [0.3, 0.4) is 0 Å². The predicted octanol–water partition coefficient (Wildman–Crippen LogP) is 2.52. The molecule has 116 valence electrons. The number of carboxylic acids is 1. The Morgan fingerprint density at radius 1 is 1.32 bits per heavy atom. The molecular formula is C16H18N2O3S. The molecule has 0 unspecified atom stereocenters. The molecule has 2 rings (SSSR count). The zero-order chi connectivity index (χ0) is 15.9. The van der Waals surface area contributed by atoms with Crippen LogP contribution < -0.4 is 5.32 Å². The number of carbonyl (C=O) groups excluding carboxylic acids is 1. The number of hydrogen-bond donors (Lipinski definition) is 2. The molecule has 0 saturated heterocycles. The Balaban J connectivity index is 2.03. The number of benzene rings is 1. The molecule has 0 radical (unpaired) electrons. The quantitative estimate of drug-likeness (QED) is 0.822. The second-order valence-electron chi connectivity index (χ2n) is 4.92. The molecule has 1 heterocycles. The molecule has 1 amide bonds. The van der Waals surface area contributed by atoms with E-state index < -0.39 is 12.0 Å². The summed E-state index contributed by atoms with van der Waals surface area (Å²) in [4.78, 5) is 28.1. The van der Waals surface area contributed by atoms with Crippen LogP contribution in [0.4, 0.5) is 0 Å². The molecule has 5 nitrogen and oxygen atoms in total. The average Bonchev–Trinajstić information content (AvgIpc) is 2.96. The van der Waals surface area contributed by atoms with E-state index in [2.05, 4.69) is 10.3 Å². The van der Waals surface area contributed by atoms with E-state index in [9.17, 15) is 14.7 Å². The summed E-state index contributed by atoms with van der Waals surface area (Å²) in [7, 11) is 0. The van der Waals surface area contributed by atoms with E-state index in [1.807, 2.05) is 37.3 Å². The van der Waals surface area contributed by atoms with Crippen LogP contribution in [0.25, 0.3) is 0 Å². The number of thiazole rings is 1. The number of rotatable bonds is 7. The Morgan fingerprint density at radius 2 is 2.05 bits per heavy atom. The summed E-state index contributed by atoms with van der Waals surface area (Å²) in [5.74, 6) is -1.43. The first-order chi connectivity index (χ1) is 10.6. The van der Waals surface area contributed by atoms with E-state index in [4.69, 9.17) is 0 Å². The maximum Gasteiger partial charge on any atom is 0.326 e. The summed E-state index contributed by atoms with van der Waals surface area (Å²) in [6.07, 6.45) is 3.54. The molecule has 2 aromatic rings. The van der Waals surface area contributed by atoms with Gasteiger partial charge in [0.1, 0.15) is 10.9 Å². The highest BCUT2D eigenvalue weighted by molar-refractivity contribution is 7.13. The molecule has 0 aliphatic heterocycles. The molecule has 1 atom stereocenters. The van der Waals surface area contributed by atoms with E-state index in [1.165, 1.54) is 17.5 Å². The first kappa shape index (κ1) is 16.2. The number of amides is 1. The van der Waals surface area contributed by atoms with E-state index in [1.54, 1.807) is 0 Å². The minimum atomic E-state index is -1.05. The van der Waals surface area contributed by atoms with Crippen molar-refractivity contribution < 1.29 is 14.7 Å². The molecular weight excluding hydrogens is 300 g/mol. The normalized spacial score (nSPS) is 11.9. The molecule has 0 aliphatic rings. The number of carboxylic acid groups (broad SMARTS) is 1. The Hall–Kier alpha value is -2.21. The number of carbonyl (C=O) groups is 2. The molecule has 1 aromatic heterocycles. The summed E-state index contributed by atoms with van der Waals surface area (Å²) in [5.41, 5.74) is 0.867. The van der Waals surface area contributed by atoms with Gasteiger partial charge in [-0.15, -0.1) is 11.3 Å². The molecule has 1 aromatic carbocycles. The van der Waals surface area contributed by atoms with Gasteiger partial charge in [-0.3, -0.25) is 4.79 Å². The van der Waals surface area contributed by atoms with Crippen LogP contribution in [0.5, 0.6) is 0 Å². The van der Waals surface area contributed by atoms with Gasteiger partial charge in [-0.25, -0.2) is 9.78 Å². The highest BCUT2D eigenvalue weighted by Gasteiger charge is 2.22. The van der Waals surface area contributed by atoms with Crippen molar-refractivity contribution in [2.24, 2.45) is 0 Å². The van der Waals surface area contributed by atoms with E-state index >= 15 is 0 Å². The minimum Gasteiger partial charge on any atom is -0.480 e. The lowest BCUT2D eigenvalue weighted by Crippen LogP contribution is -2.42. The van der Waals surface area contributed by atoms with Crippen LogP contribution in [0.15, 0.2) is 36.5 Å². The zero-order valence-electron chi connectivity index (χ0n) is 12.3. The van der Waals surface area contributed by atoms with Gasteiger partial charge in [0, 0.05) is 6.42 Å². The number of aromatic nitrogens is 1. The van der Waals surface area contributed by atoms with Crippen LogP contribution in [-0.4, -0.2) is 28.0 Å². The molecule has 0 aliphatic carbocycles. The minimum absolute atomic E-state index is 0.253. The third kappa shape index (κ3) is 4.39. The number of hydrogen-bond acceptors (Lipinski definition) is 4. The fourth-order valence-corrected chi connectivity index (χ4v) is 2.95. The van der Waals surface area contributed by atoms with Crippen LogP contribution >= 0.6 is 11.3 Å². The van der Waals surface area contributed by atoms with Gasteiger partial charge < -0.3 is 10.4 Å². The number of aliphatic carboxylic acids is 1. The number of nitrogens with one attached hydrogen (secondary N) is 1. The Bertz CT molecular complexity index is 640. The van der Waals surface area contributed by atoms with E-state index in [0.29, 0.717) is 4.88 Å². The van der Waals surface area contributed by atoms with Crippen molar-refractivity contribution in [3.05, 3.63) is 52.0 Å². The smallest absolute Gasteiger partial charge is 0.326 e. The highest BCUT2D eigenvalue weighted by atomic mass is 32.1. The second kappa shape index (κ2) is 7.70. The second-order valence-corrected chi connectivity index (χ2v) is 6.04. The van der Waals surface area contributed by atoms with Crippen LogP contribution in [0.2, 0.25) is 0 Å². The van der Waals surface area contributed by atoms with Gasteiger partial charge in [0.15, 0.2) is 0 Å². The Labute approximate surface area is 133 Å². The fraction of sp³-hybridized carbons (Fsp3) is 0.312. The number of aryl methyl sites for hydroxylation is 1. The maximum atomic E-state index is 12.2. The van der Waals surface area contributed by atoms with Gasteiger partial charge >= 0.3 is 5.97 Å². The van der Waals surface area contributed by atoms with Crippen LogP contribution in [0.1, 0.15) is 33.6 Å². The lowest BCUT2D eigenvalue weighted by Gasteiger charge is -2.13. The fourth-order valence-electron chi connectivity index (χ4n) is 2.02. The third-order valence-electron chi connectivity index (χ3n) is 3.13. The van der Waals surface area contributed by atoms with Gasteiger partial charge in [0.05, 0.1) is 11.2 Å². The van der Waals surface area contributed by atoms with Crippen LogP contribution in [0, 0.1) is 0 Å². The topological polar surface area (TPSA) is 79.3 Å². The average molecular weight is 318 g/mol. The van der Waals surface area contributed by atoms with Crippen molar-refractivity contribution in [1.82, 2.24) is 10.3 Å². The van der Waals surface area contributed by atoms with Crippen molar-refractivity contribution in [3.63, 3.8) is 0 Å². The van der Waals surface area contributed by atoms with Crippen molar-refractivity contribution in [2.45, 2.75) is 32.2 Å². The monoisotopic (exact) mass is 318 g/mol. The molecule has 0 spiro atoms. The summed E-state index contributed by atoms with van der Waals surface area (Å²) >= 11 is 1.31. The summed E-state index contributed by atoms with van der Waals surface area (Å²) in [6, 6.07) is 8.28. The van der Waals surface area contributed by atoms with Crippen LogP contribution in [-0.2, 0) is 17.6 Å². The van der Waals surface area contributed by atoms with Gasteiger partial charge in [-0.1, -0.05) is 37.3 Å². The summed E-state index contributed by atoms with van der Waals surface area (Å²) in [5, 5.41) is 12.8. The predicted molar refractivity (Wildman–Crippen MR) is 85.1 cm³/mol. The molecule has 0 saturated carbocycles. The van der Waals surface area contributed by atoms with Crippen molar-refractivity contribution in [3.8, 4) is 0 Å². The largest absolute Gasteiger partial charge is 0.480 e. The molecule has 22 heavy (non-hydrogen) atoms. The summed E-state index contributed by atoms with van der Waals surface area (Å²) < 4.78 is 0.